The van der Waals surface area contributed by atoms with Gasteiger partial charge >= 0.3 is 0 Å². The molecule has 1 aromatic rings. The van der Waals surface area contributed by atoms with E-state index in [1.54, 1.807) is 0 Å². The van der Waals surface area contributed by atoms with E-state index in [1.807, 2.05) is 19.9 Å². The first-order valence-electron chi connectivity index (χ1n) is 8.84. The number of piperazine rings is 1. The van der Waals surface area contributed by atoms with Crippen LogP contribution in [-0.2, 0) is 4.79 Å². The van der Waals surface area contributed by atoms with Crippen LogP contribution in [0.4, 0.5) is 5.69 Å². The zero-order valence-corrected chi connectivity index (χ0v) is 17.5. The Bertz CT molecular complexity index is 530. The molecule has 0 radical (unpaired) electrons. The number of anilines is 1. The largest absolute Gasteiger partial charge is 0.368 e. The van der Waals surface area contributed by atoms with Crippen molar-refractivity contribution in [1.82, 2.24) is 15.5 Å². The Morgan fingerprint density at radius 3 is 2.36 bits per heavy atom. The lowest BCUT2D eigenvalue weighted by Crippen LogP contribution is -2.52. The molecule has 0 aromatic heterocycles. The van der Waals surface area contributed by atoms with Gasteiger partial charge in [0, 0.05) is 45.0 Å². The van der Waals surface area contributed by atoms with Gasteiger partial charge in [-0.05, 0) is 25.5 Å². The van der Waals surface area contributed by atoms with Gasteiger partial charge < -0.3 is 20.4 Å². The van der Waals surface area contributed by atoms with E-state index in [4.69, 9.17) is 0 Å². The molecule has 1 aliphatic rings. The number of para-hydroxylation sites is 1. The predicted octanol–water partition coefficient (Wildman–Crippen LogP) is 1.92. The number of rotatable bonds is 6. The van der Waals surface area contributed by atoms with Crippen LogP contribution in [0.3, 0.4) is 0 Å². The highest BCUT2D eigenvalue weighted by Crippen LogP contribution is 2.15. The fourth-order valence-electron chi connectivity index (χ4n) is 2.71. The summed E-state index contributed by atoms with van der Waals surface area (Å²) in [5.74, 6) is 0.812. The van der Waals surface area contributed by atoms with Gasteiger partial charge in [0.25, 0.3) is 0 Å². The lowest BCUT2D eigenvalue weighted by molar-refractivity contribution is -0.119. The Balaban J connectivity index is 0.00000312. The van der Waals surface area contributed by atoms with Gasteiger partial charge in [-0.3, -0.25) is 4.79 Å². The van der Waals surface area contributed by atoms with Gasteiger partial charge in [0.05, 0.1) is 0 Å². The van der Waals surface area contributed by atoms with Crippen LogP contribution in [0.15, 0.2) is 35.3 Å². The van der Waals surface area contributed by atoms with Gasteiger partial charge in [0.15, 0.2) is 5.96 Å². The van der Waals surface area contributed by atoms with Crippen molar-refractivity contribution in [1.29, 1.82) is 0 Å². The zero-order chi connectivity index (χ0) is 17.2. The first-order valence-corrected chi connectivity index (χ1v) is 8.84. The van der Waals surface area contributed by atoms with E-state index in [0.29, 0.717) is 6.54 Å². The van der Waals surface area contributed by atoms with Crippen molar-refractivity contribution in [2.45, 2.75) is 20.3 Å². The first kappa shape index (κ1) is 21.5. The second-order valence-electron chi connectivity index (χ2n) is 5.83. The van der Waals surface area contributed by atoms with Crippen molar-refractivity contribution in [2.75, 3.05) is 50.7 Å². The van der Waals surface area contributed by atoms with E-state index >= 15 is 0 Å². The van der Waals surface area contributed by atoms with Crippen LogP contribution < -0.4 is 15.5 Å². The molecule has 2 rings (SSSR count). The number of benzene rings is 1. The van der Waals surface area contributed by atoms with Crippen molar-refractivity contribution in [2.24, 2.45) is 4.99 Å². The average Bonchev–Trinajstić information content (AvgIpc) is 2.64. The fraction of sp³-hybridized carbons (Fsp3) is 0.556. The third-order valence-corrected chi connectivity index (χ3v) is 3.98. The molecule has 0 bridgehead atoms. The van der Waals surface area contributed by atoms with E-state index in [0.717, 1.165) is 45.1 Å². The van der Waals surface area contributed by atoms with E-state index in [9.17, 15) is 4.79 Å². The second kappa shape index (κ2) is 11.9. The minimum absolute atomic E-state index is 0. The average molecular weight is 459 g/mol. The number of hydrogen-bond donors (Lipinski definition) is 2. The van der Waals surface area contributed by atoms with Crippen LogP contribution in [0, 0.1) is 0 Å². The molecule has 1 aliphatic heterocycles. The van der Waals surface area contributed by atoms with Crippen LogP contribution in [0.1, 0.15) is 20.3 Å². The molecule has 6 nitrogen and oxygen atoms in total. The smallest absolute Gasteiger partial charge is 0.241 e. The number of aliphatic imine (C=N–C) groups is 1. The number of guanidine groups is 1. The summed E-state index contributed by atoms with van der Waals surface area (Å²) in [4.78, 5) is 20.9. The Morgan fingerprint density at radius 2 is 1.76 bits per heavy atom. The van der Waals surface area contributed by atoms with Crippen LogP contribution in [0.2, 0.25) is 0 Å². The molecule has 1 heterocycles. The summed E-state index contributed by atoms with van der Waals surface area (Å²) in [6.45, 7) is 9.49. The lowest BCUT2D eigenvalue weighted by atomic mass is 10.2. The highest BCUT2D eigenvalue weighted by Gasteiger charge is 2.19. The predicted molar refractivity (Wildman–Crippen MR) is 115 cm³/mol. The molecule has 1 aromatic carbocycles. The minimum atomic E-state index is -0.0184. The van der Waals surface area contributed by atoms with Crippen molar-refractivity contribution >= 4 is 41.5 Å². The van der Waals surface area contributed by atoms with Gasteiger partial charge in [0.1, 0.15) is 6.54 Å². The maximum atomic E-state index is 11.8. The Morgan fingerprint density at radius 1 is 1.08 bits per heavy atom. The summed E-state index contributed by atoms with van der Waals surface area (Å²) in [5.41, 5.74) is 1.26. The molecule has 7 heteroatoms. The molecule has 0 unspecified atom stereocenters. The standard InChI is InChI=1S/C18H29N5O.HI/c1-3-10-20-17(24)15-21-18(19-4-2)23-13-11-22(12-14-23)16-8-6-5-7-9-16;/h5-9H,3-4,10-15H2,1-2H3,(H,19,21)(H,20,24);1H. The molecule has 0 atom stereocenters. The molecule has 1 saturated heterocycles. The van der Waals surface area contributed by atoms with Crippen LogP contribution in [0.25, 0.3) is 0 Å². The van der Waals surface area contributed by atoms with E-state index in [-0.39, 0.29) is 36.4 Å². The maximum Gasteiger partial charge on any atom is 0.241 e. The number of halogens is 1. The third kappa shape index (κ3) is 7.09. The molecule has 0 saturated carbocycles. The quantitative estimate of drug-likeness (QED) is 0.388. The van der Waals surface area contributed by atoms with E-state index < -0.39 is 0 Å². The number of amides is 1. The minimum Gasteiger partial charge on any atom is -0.368 e. The highest BCUT2D eigenvalue weighted by molar-refractivity contribution is 14.0. The van der Waals surface area contributed by atoms with Crippen molar-refractivity contribution in [3.8, 4) is 0 Å². The topological polar surface area (TPSA) is 60.0 Å². The first-order chi connectivity index (χ1) is 11.7. The molecule has 1 fully saturated rings. The Labute approximate surface area is 168 Å². The van der Waals surface area contributed by atoms with Gasteiger partial charge in [-0.25, -0.2) is 4.99 Å². The normalized spacial score (nSPS) is 14.7. The Kier molecular flexibility index (Phi) is 10.3. The number of nitrogens with zero attached hydrogens (tertiary/aromatic N) is 3. The summed E-state index contributed by atoms with van der Waals surface area (Å²) in [5, 5.41) is 6.16. The molecule has 1 amide bonds. The van der Waals surface area contributed by atoms with Crippen molar-refractivity contribution < 1.29 is 4.79 Å². The SMILES string of the molecule is CCCNC(=O)CN=C(NCC)N1CCN(c2ccccc2)CC1.I. The number of nitrogens with one attached hydrogen (secondary N) is 2. The number of carbonyl (C=O) groups is 1. The van der Waals surface area contributed by atoms with Crippen LogP contribution in [-0.4, -0.2) is 62.6 Å². The van der Waals surface area contributed by atoms with Gasteiger partial charge in [0.2, 0.25) is 5.91 Å². The van der Waals surface area contributed by atoms with Gasteiger partial charge in [-0.15, -0.1) is 24.0 Å². The van der Waals surface area contributed by atoms with Crippen molar-refractivity contribution in [3.63, 3.8) is 0 Å². The molecule has 25 heavy (non-hydrogen) atoms. The van der Waals surface area contributed by atoms with Crippen molar-refractivity contribution in [3.05, 3.63) is 30.3 Å². The summed E-state index contributed by atoms with van der Waals surface area (Å²) in [6, 6.07) is 10.5. The molecule has 2 N–H and O–H groups in total. The van der Waals surface area contributed by atoms with Gasteiger partial charge in [-0.1, -0.05) is 25.1 Å². The highest BCUT2D eigenvalue weighted by atomic mass is 127. The van der Waals surface area contributed by atoms with Gasteiger partial charge in [-0.2, -0.15) is 0 Å². The van der Waals surface area contributed by atoms with E-state index in [1.165, 1.54) is 5.69 Å². The monoisotopic (exact) mass is 459 g/mol. The molecular formula is C18H30IN5O. The molecule has 0 aliphatic carbocycles. The number of carbonyl (C=O) groups excluding carboxylic acids is 1. The lowest BCUT2D eigenvalue weighted by Gasteiger charge is -2.37. The molecule has 140 valence electrons. The second-order valence-corrected chi connectivity index (χ2v) is 5.83. The molecular weight excluding hydrogens is 429 g/mol. The molecule has 0 spiro atoms. The summed E-state index contributed by atoms with van der Waals surface area (Å²) >= 11 is 0. The van der Waals surface area contributed by atoms with Crippen LogP contribution in [0.5, 0.6) is 0 Å². The summed E-state index contributed by atoms with van der Waals surface area (Å²) in [6.07, 6.45) is 0.941. The Hall–Kier alpha value is -1.51. The summed E-state index contributed by atoms with van der Waals surface area (Å²) in [7, 11) is 0. The third-order valence-electron chi connectivity index (χ3n) is 3.98. The number of hydrogen-bond acceptors (Lipinski definition) is 3. The van der Waals surface area contributed by atoms with Crippen LogP contribution >= 0.6 is 24.0 Å². The summed E-state index contributed by atoms with van der Waals surface area (Å²) < 4.78 is 0. The maximum absolute atomic E-state index is 11.8. The zero-order valence-electron chi connectivity index (χ0n) is 15.2. The fourth-order valence-corrected chi connectivity index (χ4v) is 2.71. The van der Waals surface area contributed by atoms with E-state index in [2.05, 4.69) is 49.7 Å².